The van der Waals surface area contributed by atoms with E-state index in [0.29, 0.717) is 0 Å². The number of H-pyrrole nitrogens is 1. The number of aromatic amines is 1. The summed E-state index contributed by atoms with van der Waals surface area (Å²) in [5.41, 5.74) is 6.24. The summed E-state index contributed by atoms with van der Waals surface area (Å²) in [6, 6.07) is 16.9. The lowest BCUT2D eigenvalue weighted by atomic mass is 9.92. The Morgan fingerprint density at radius 1 is 1.15 bits per heavy atom. The van der Waals surface area contributed by atoms with E-state index in [9.17, 15) is 0 Å². The lowest BCUT2D eigenvalue weighted by Crippen LogP contribution is -2.35. The molecule has 27 heavy (non-hydrogen) atoms. The highest BCUT2D eigenvalue weighted by Gasteiger charge is 2.32. The molecular formula is C22H21ClN4. The van der Waals surface area contributed by atoms with Crippen molar-refractivity contribution in [1.29, 1.82) is 0 Å². The molecule has 0 saturated heterocycles. The van der Waals surface area contributed by atoms with Gasteiger partial charge in [-0.1, -0.05) is 48.0 Å². The highest BCUT2D eigenvalue weighted by molar-refractivity contribution is 6.31. The van der Waals surface area contributed by atoms with Crippen molar-refractivity contribution in [3.8, 4) is 0 Å². The number of aromatic nitrogens is 3. The van der Waals surface area contributed by atoms with Crippen LogP contribution in [-0.4, -0.2) is 26.2 Å². The summed E-state index contributed by atoms with van der Waals surface area (Å²) in [5, 5.41) is 6.47. The fourth-order valence-corrected chi connectivity index (χ4v) is 4.54. The quantitative estimate of drug-likeness (QED) is 0.562. The lowest BCUT2D eigenvalue weighted by Gasteiger charge is -2.36. The smallest absolute Gasteiger partial charge is 0.0774 e. The monoisotopic (exact) mass is 376 g/mol. The number of halogens is 1. The molecule has 0 spiro atoms. The van der Waals surface area contributed by atoms with Crippen molar-refractivity contribution in [3.05, 3.63) is 88.3 Å². The minimum Gasteiger partial charge on any atom is -0.357 e. The average molecular weight is 377 g/mol. The Morgan fingerprint density at radius 2 is 1.96 bits per heavy atom. The van der Waals surface area contributed by atoms with Crippen molar-refractivity contribution in [1.82, 2.24) is 19.7 Å². The van der Waals surface area contributed by atoms with Crippen molar-refractivity contribution in [2.45, 2.75) is 19.0 Å². The number of hydrogen-bond donors (Lipinski definition) is 1. The van der Waals surface area contributed by atoms with Gasteiger partial charge in [-0.05, 0) is 29.7 Å². The average Bonchev–Trinajstić information content (AvgIpc) is 3.25. The number of fused-ring (bicyclic) bond motifs is 3. The number of nitrogens with zero attached hydrogens (tertiary/aromatic N) is 3. The van der Waals surface area contributed by atoms with Crippen LogP contribution in [0, 0.1) is 0 Å². The first-order valence-electron chi connectivity index (χ1n) is 9.26. The van der Waals surface area contributed by atoms with Gasteiger partial charge in [-0.2, -0.15) is 5.10 Å². The van der Waals surface area contributed by atoms with E-state index in [4.69, 9.17) is 11.6 Å². The van der Waals surface area contributed by atoms with Gasteiger partial charge in [-0.25, -0.2) is 0 Å². The van der Waals surface area contributed by atoms with Crippen LogP contribution in [-0.2, 0) is 20.0 Å². The minimum absolute atomic E-state index is 0.107. The standard InChI is InChI=1S/C22H21ClN4/c1-26-13-15(12-24-26)14-27-11-10-17-16-6-3-5-9-20(16)25-21(17)22(27)18-7-2-4-8-19(18)23/h2-9,12-13,22,25H,10-11,14H2,1H3. The normalized spacial score (nSPS) is 17.3. The van der Waals surface area contributed by atoms with Crippen molar-refractivity contribution in [2.75, 3.05) is 6.54 Å². The Bertz CT molecular complexity index is 1110. The van der Waals surface area contributed by atoms with Gasteiger partial charge in [0, 0.05) is 53.5 Å². The van der Waals surface area contributed by atoms with Crippen molar-refractivity contribution >= 4 is 22.5 Å². The van der Waals surface area contributed by atoms with Crippen molar-refractivity contribution < 1.29 is 0 Å². The Morgan fingerprint density at radius 3 is 2.78 bits per heavy atom. The van der Waals surface area contributed by atoms with Crippen LogP contribution < -0.4 is 0 Å². The third-order valence-corrected chi connectivity index (χ3v) is 5.82. The number of aryl methyl sites for hydroxylation is 1. The highest BCUT2D eigenvalue weighted by atomic mass is 35.5. The molecule has 2 aromatic carbocycles. The SMILES string of the molecule is Cn1cc(CN2CCc3c([nH]c4ccccc34)C2c2ccccc2Cl)cn1. The molecule has 1 unspecified atom stereocenters. The summed E-state index contributed by atoms with van der Waals surface area (Å²) in [5.74, 6) is 0. The molecule has 1 atom stereocenters. The summed E-state index contributed by atoms with van der Waals surface area (Å²) < 4.78 is 1.86. The minimum atomic E-state index is 0.107. The lowest BCUT2D eigenvalue weighted by molar-refractivity contribution is 0.202. The molecule has 1 aliphatic rings. The molecule has 0 aliphatic carbocycles. The van der Waals surface area contributed by atoms with Gasteiger partial charge in [-0.3, -0.25) is 9.58 Å². The van der Waals surface area contributed by atoms with Crippen molar-refractivity contribution in [3.63, 3.8) is 0 Å². The number of rotatable bonds is 3. The van der Waals surface area contributed by atoms with Gasteiger partial charge in [0.15, 0.2) is 0 Å². The van der Waals surface area contributed by atoms with E-state index in [0.717, 1.165) is 30.1 Å². The number of para-hydroxylation sites is 1. The fourth-order valence-electron chi connectivity index (χ4n) is 4.30. The number of hydrogen-bond acceptors (Lipinski definition) is 2. The molecule has 0 saturated carbocycles. The zero-order valence-electron chi connectivity index (χ0n) is 15.2. The largest absolute Gasteiger partial charge is 0.357 e. The third kappa shape index (κ3) is 2.85. The predicted octanol–water partition coefficient (Wildman–Crippen LogP) is 4.70. The van der Waals surface area contributed by atoms with Crippen LogP contribution in [0.4, 0.5) is 0 Å². The van der Waals surface area contributed by atoms with Crippen LogP contribution in [0.15, 0.2) is 60.9 Å². The first-order valence-corrected chi connectivity index (χ1v) is 9.64. The summed E-state index contributed by atoms with van der Waals surface area (Å²) in [4.78, 5) is 6.19. The Balaban J connectivity index is 1.65. The summed E-state index contributed by atoms with van der Waals surface area (Å²) in [6.07, 6.45) is 5.06. The fraction of sp³-hybridized carbons (Fsp3) is 0.227. The zero-order valence-corrected chi connectivity index (χ0v) is 15.9. The van der Waals surface area contributed by atoms with Gasteiger partial charge in [0.2, 0.25) is 0 Å². The van der Waals surface area contributed by atoms with Gasteiger partial charge < -0.3 is 4.98 Å². The molecule has 1 N–H and O–H groups in total. The van der Waals surface area contributed by atoms with Gasteiger partial charge in [-0.15, -0.1) is 0 Å². The van der Waals surface area contributed by atoms with E-state index in [1.54, 1.807) is 0 Å². The maximum absolute atomic E-state index is 6.64. The van der Waals surface area contributed by atoms with Crippen LogP contribution >= 0.6 is 11.6 Å². The molecule has 136 valence electrons. The topological polar surface area (TPSA) is 36.9 Å². The molecule has 3 heterocycles. The van der Waals surface area contributed by atoms with E-state index in [-0.39, 0.29) is 6.04 Å². The first kappa shape index (κ1) is 16.6. The van der Waals surface area contributed by atoms with E-state index < -0.39 is 0 Å². The Kier molecular flexibility index (Phi) is 4.03. The highest BCUT2D eigenvalue weighted by Crippen LogP contribution is 2.41. The van der Waals surface area contributed by atoms with Crippen molar-refractivity contribution in [2.24, 2.45) is 7.05 Å². The van der Waals surface area contributed by atoms with Crippen LogP contribution in [0.25, 0.3) is 10.9 Å². The maximum Gasteiger partial charge on any atom is 0.0774 e. The van der Waals surface area contributed by atoms with Gasteiger partial charge in [0.05, 0.1) is 12.2 Å². The Hall–Kier alpha value is -2.56. The Labute approximate surface area is 163 Å². The molecule has 0 fully saturated rings. The number of benzene rings is 2. The molecule has 0 bridgehead atoms. The molecule has 2 aromatic heterocycles. The molecule has 5 rings (SSSR count). The summed E-state index contributed by atoms with van der Waals surface area (Å²) in [7, 11) is 1.96. The van der Waals surface area contributed by atoms with Crippen LogP contribution in [0.2, 0.25) is 5.02 Å². The molecule has 1 aliphatic heterocycles. The summed E-state index contributed by atoms with van der Waals surface area (Å²) in [6.45, 7) is 1.83. The molecule has 4 nitrogen and oxygen atoms in total. The van der Waals surface area contributed by atoms with E-state index in [1.807, 2.05) is 30.1 Å². The molecule has 0 amide bonds. The van der Waals surface area contributed by atoms with Crippen LogP contribution in [0.5, 0.6) is 0 Å². The second kappa shape index (κ2) is 6.55. The van der Waals surface area contributed by atoms with Crippen LogP contribution in [0.1, 0.15) is 28.4 Å². The maximum atomic E-state index is 6.64. The zero-order chi connectivity index (χ0) is 18.4. The molecule has 4 aromatic rings. The third-order valence-electron chi connectivity index (χ3n) is 5.48. The number of nitrogens with one attached hydrogen (secondary N) is 1. The molecule has 0 radical (unpaired) electrons. The van der Waals surface area contributed by atoms with Gasteiger partial charge in [0.25, 0.3) is 0 Å². The van der Waals surface area contributed by atoms with E-state index >= 15 is 0 Å². The second-order valence-corrected chi connectivity index (χ2v) is 7.64. The first-order chi connectivity index (χ1) is 13.2. The molecular weight excluding hydrogens is 356 g/mol. The van der Waals surface area contributed by atoms with Gasteiger partial charge >= 0.3 is 0 Å². The van der Waals surface area contributed by atoms with E-state index in [1.165, 1.54) is 27.7 Å². The molecule has 5 heteroatoms. The second-order valence-electron chi connectivity index (χ2n) is 7.23. The van der Waals surface area contributed by atoms with E-state index in [2.05, 4.69) is 57.6 Å². The summed E-state index contributed by atoms with van der Waals surface area (Å²) >= 11 is 6.64. The predicted molar refractivity (Wildman–Crippen MR) is 109 cm³/mol. The van der Waals surface area contributed by atoms with Crippen LogP contribution in [0.3, 0.4) is 0 Å². The van der Waals surface area contributed by atoms with Gasteiger partial charge in [0.1, 0.15) is 0 Å².